The summed E-state index contributed by atoms with van der Waals surface area (Å²) in [5, 5.41) is 20.8. The average Bonchev–Trinajstić information content (AvgIpc) is 3.07. The number of benzene rings is 1. The van der Waals surface area contributed by atoms with E-state index in [1.165, 1.54) is 0 Å². The molecule has 0 saturated heterocycles. The van der Waals surface area contributed by atoms with Gasteiger partial charge in [-0.25, -0.2) is 0 Å². The molecule has 2 saturated carbocycles. The first-order chi connectivity index (χ1) is 18.0. The Hall–Kier alpha value is -1.62. The summed E-state index contributed by atoms with van der Waals surface area (Å²) in [6.45, 7) is 8.45. The van der Waals surface area contributed by atoms with Gasteiger partial charge in [0.15, 0.2) is 0 Å². The van der Waals surface area contributed by atoms with Crippen LogP contribution in [-0.2, 0) is 16.7 Å². The topological polar surface area (TPSA) is 107 Å². The van der Waals surface area contributed by atoms with Crippen LogP contribution in [0.15, 0.2) is 30.9 Å². The number of hydrogen-bond donors (Lipinski definition) is 4. The molecule has 3 aliphatic carbocycles. The molecular formula is C29H42F3NO5S. The Morgan fingerprint density at radius 1 is 1.18 bits per heavy atom. The minimum atomic E-state index is -4.58. The van der Waals surface area contributed by atoms with E-state index in [9.17, 15) is 36.4 Å². The van der Waals surface area contributed by atoms with Gasteiger partial charge >= 0.3 is 16.5 Å². The minimum absolute atomic E-state index is 0.123. The number of hydrogen-bond acceptors (Lipinski definition) is 4. The van der Waals surface area contributed by atoms with E-state index in [0.717, 1.165) is 62.5 Å². The van der Waals surface area contributed by atoms with Crippen molar-refractivity contribution in [2.45, 2.75) is 108 Å². The van der Waals surface area contributed by atoms with Gasteiger partial charge in [0, 0.05) is 0 Å². The summed E-state index contributed by atoms with van der Waals surface area (Å²) in [7, 11) is -4.39. The molecule has 6 nitrogen and oxygen atoms in total. The summed E-state index contributed by atoms with van der Waals surface area (Å²) in [5.41, 5.74) is 1.14. The van der Waals surface area contributed by atoms with Crippen molar-refractivity contribution in [1.82, 2.24) is 0 Å². The number of fused-ring (bicyclic) bond motifs is 5. The number of anilines is 1. The summed E-state index contributed by atoms with van der Waals surface area (Å²) in [4.78, 5) is 0. The average molecular weight is 574 g/mol. The molecule has 10 heteroatoms. The lowest BCUT2D eigenvalue weighted by Crippen LogP contribution is -2.57. The Morgan fingerprint density at radius 2 is 1.87 bits per heavy atom. The SMILES string of the molecule is C=CC12CCc3cc(NS(=O)(=O)O)ccc3C1[C@@H](CCCCCC[C@H](O)C(F)(F)F)C[C@@]1(C)C2CC[C@]1(C)O. The lowest BCUT2D eigenvalue weighted by molar-refractivity contribution is -0.205. The normalized spacial score (nSPS) is 35.0. The van der Waals surface area contributed by atoms with Gasteiger partial charge in [-0.15, -0.1) is 6.58 Å². The number of unbranched alkanes of at least 4 members (excludes halogenated alkanes) is 3. The van der Waals surface area contributed by atoms with Crippen LogP contribution in [0.25, 0.3) is 0 Å². The fraction of sp³-hybridized carbons (Fsp3) is 0.724. The molecule has 7 atom stereocenters. The number of rotatable bonds is 10. The van der Waals surface area contributed by atoms with Gasteiger partial charge in [0.1, 0.15) is 6.10 Å². The smallest absolute Gasteiger partial charge is 0.390 e. The zero-order valence-electron chi connectivity index (χ0n) is 22.8. The Labute approximate surface area is 230 Å². The Morgan fingerprint density at radius 3 is 2.51 bits per heavy atom. The second-order valence-corrected chi connectivity index (χ2v) is 13.7. The molecule has 0 spiro atoms. The molecule has 4 N–H and O–H groups in total. The standard InChI is InChI=1S/C29H42F3NO5S/c1-4-28-16-13-19-17-21(33-39(36,37)38)11-12-22(19)25(28)20(18-26(2)23(28)14-15-27(26,3)35)9-7-5-6-8-10-24(34)29(30,31)32/h4,11-12,17,20,23-25,33-35H,1,5-10,13-16,18H2,2-3H3,(H,36,37,38)/t20-,23?,24-,25?,26-,27-,28?/m0/s1. The summed E-state index contributed by atoms with van der Waals surface area (Å²) >= 11 is 0. The van der Waals surface area contributed by atoms with E-state index in [2.05, 4.69) is 24.3 Å². The van der Waals surface area contributed by atoms with E-state index in [0.29, 0.717) is 18.5 Å². The summed E-state index contributed by atoms with van der Waals surface area (Å²) in [6, 6.07) is 5.41. The predicted molar refractivity (Wildman–Crippen MR) is 145 cm³/mol. The van der Waals surface area contributed by atoms with Crippen LogP contribution in [0.2, 0.25) is 0 Å². The third-order valence-electron chi connectivity index (χ3n) is 10.4. The van der Waals surface area contributed by atoms with Crippen LogP contribution in [0.1, 0.15) is 95.1 Å². The highest BCUT2D eigenvalue weighted by Crippen LogP contribution is 2.71. The van der Waals surface area contributed by atoms with Gasteiger partial charge in [-0.1, -0.05) is 44.7 Å². The maximum Gasteiger partial charge on any atom is 0.414 e. The third kappa shape index (κ3) is 5.76. The lowest BCUT2D eigenvalue weighted by Gasteiger charge is -2.61. The van der Waals surface area contributed by atoms with Crippen molar-refractivity contribution in [2.75, 3.05) is 4.72 Å². The van der Waals surface area contributed by atoms with Crippen molar-refractivity contribution < 1.29 is 36.4 Å². The maximum absolute atomic E-state index is 12.6. The highest BCUT2D eigenvalue weighted by molar-refractivity contribution is 7.87. The molecule has 0 aromatic heterocycles. The van der Waals surface area contributed by atoms with Crippen molar-refractivity contribution in [3.63, 3.8) is 0 Å². The van der Waals surface area contributed by atoms with E-state index >= 15 is 0 Å². The van der Waals surface area contributed by atoms with Gasteiger partial charge in [0.05, 0.1) is 11.3 Å². The van der Waals surface area contributed by atoms with Gasteiger partial charge < -0.3 is 10.2 Å². The largest absolute Gasteiger partial charge is 0.414 e. The number of halogens is 3. The van der Waals surface area contributed by atoms with Gasteiger partial charge in [-0.2, -0.15) is 21.6 Å². The second-order valence-electron chi connectivity index (χ2n) is 12.6. The van der Waals surface area contributed by atoms with E-state index < -0.39 is 28.2 Å². The molecular weight excluding hydrogens is 531 g/mol. The highest BCUT2D eigenvalue weighted by atomic mass is 32.2. The van der Waals surface area contributed by atoms with E-state index in [4.69, 9.17) is 0 Å². The Kier molecular flexibility index (Phi) is 8.29. The number of aliphatic hydroxyl groups excluding tert-OH is 1. The molecule has 4 rings (SSSR count). The fourth-order valence-corrected chi connectivity index (χ4v) is 8.84. The number of aliphatic hydroxyl groups is 2. The van der Waals surface area contributed by atoms with Crippen molar-refractivity contribution in [1.29, 1.82) is 0 Å². The number of nitrogens with one attached hydrogen (secondary N) is 1. The van der Waals surface area contributed by atoms with E-state index in [1.54, 1.807) is 12.1 Å². The van der Waals surface area contributed by atoms with Crippen molar-refractivity contribution >= 4 is 16.0 Å². The van der Waals surface area contributed by atoms with Gasteiger partial charge in [-0.05, 0) is 104 Å². The zero-order valence-corrected chi connectivity index (χ0v) is 23.6. The molecule has 3 aliphatic rings. The van der Waals surface area contributed by atoms with Crippen LogP contribution < -0.4 is 4.72 Å². The molecule has 0 bridgehead atoms. The zero-order chi connectivity index (χ0) is 28.9. The first-order valence-electron chi connectivity index (χ1n) is 14.0. The van der Waals surface area contributed by atoms with Crippen LogP contribution in [0.5, 0.6) is 0 Å². The van der Waals surface area contributed by atoms with E-state index in [-0.39, 0.29) is 35.0 Å². The maximum atomic E-state index is 12.6. The molecule has 1 aromatic rings. The van der Waals surface area contributed by atoms with Crippen LogP contribution >= 0.6 is 0 Å². The number of aryl methyl sites for hydroxylation is 1. The molecule has 39 heavy (non-hydrogen) atoms. The predicted octanol–water partition coefficient (Wildman–Crippen LogP) is 6.55. The first kappa shape index (κ1) is 30.3. The van der Waals surface area contributed by atoms with Gasteiger partial charge in [-0.3, -0.25) is 9.27 Å². The molecule has 2 fully saturated rings. The molecule has 0 radical (unpaired) electrons. The molecule has 1 aromatic carbocycles. The fourth-order valence-electron chi connectivity index (χ4n) is 8.41. The summed E-state index contributed by atoms with van der Waals surface area (Å²) in [5.74, 6) is 0.568. The molecule has 0 heterocycles. The summed E-state index contributed by atoms with van der Waals surface area (Å²) in [6.07, 6.45) is 2.31. The van der Waals surface area contributed by atoms with Crippen LogP contribution in [0.3, 0.4) is 0 Å². The minimum Gasteiger partial charge on any atom is -0.390 e. The number of alkyl halides is 3. The van der Waals surface area contributed by atoms with Crippen LogP contribution in [0.4, 0.5) is 18.9 Å². The van der Waals surface area contributed by atoms with Gasteiger partial charge in [0.25, 0.3) is 0 Å². The number of allylic oxidation sites excluding steroid dienone is 1. The Balaban J connectivity index is 1.59. The highest BCUT2D eigenvalue weighted by Gasteiger charge is 2.66. The van der Waals surface area contributed by atoms with E-state index in [1.807, 2.05) is 13.0 Å². The molecule has 3 unspecified atom stereocenters. The summed E-state index contributed by atoms with van der Waals surface area (Å²) < 4.78 is 72.0. The van der Waals surface area contributed by atoms with Gasteiger partial charge in [0.2, 0.25) is 0 Å². The molecule has 0 aliphatic heterocycles. The second kappa shape index (κ2) is 10.7. The molecule has 0 amide bonds. The van der Waals surface area contributed by atoms with Crippen LogP contribution in [-0.4, -0.2) is 41.1 Å². The first-order valence-corrected chi connectivity index (χ1v) is 15.5. The van der Waals surface area contributed by atoms with Crippen LogP contribution in [0, 0.1) is 22.7 Å². The van der Waals surface area contributed by atoms with Crippen molar-refractivity contribution in [3.8, 4) is 0 Å². The third-order valence-corrected chi connectivity index (χ3v) is 10.9. The Bertz CT molecular complexity index is 1170. The lowest BCUT2D eigenvalue weighted by atomic mass is 9.43. The molecule has 220 valence electrons. The monoisotopic (exact) mass is 573 g/mol. The quantitative estimate of drug-likeness (QED) is 0.144. The van der Waals surface area contributed by atoms with Crippen molar-refractivity contribution in [3.05, 3.63) is 42.0 Å². The van der Waals surface area contributed by atoms with Crippen molar-refractivity contribution in [2.24, 2.45) is 22.7 Å².